The van der Waals surface area contributed by atoms with Gasteiger partial charge in [-0.05, 0) is 33.6 Å². The number of carbonyl (C=O) groups excluding carboxylic acids is 2. The van der Waals surface area contributed by atoms with E-state index < -0.39 is 17.8 Å². The van der Waals surface area contributed by atoms with Crippen molar-refractivity contribution in [2.45, 2.75) is 51.7 Å². The Kier molecular flexibility index (Phi) is 4.54. The number of rotatable bonds is 3. The summed E-state index contributed by atoms with van der Waals surface area (Å²) in [7, 11) is 0. The molecular formula is C12H18N2O4. The van der Waals surface area contributed by atoms with Crippen molar-refractivity contribution in [2.24, 2.45) is 0 Å². The monoisotopic (exact) mass is 254 g/mol. The van der Waals surface area contributed by atoms with Gasteiger partial charge < -0.3 is 9.47 Å². The van der Waals surface area contributed by atoms with Gasteiger partial charge in [0.05, 0.1) is 12.5 Å². The fourth-order valence-corrected chi connectivity index (χ4v) is 1.13. The zero-order valence-corrected chi connectivity index (χ0v) is 10.9. The molecule has 0 N–H and O–H groups in total. The second kappa shape index (κ2) is 5.71. The maximum Gasteiger partial charge on any atom is 0.419 e. The second-order valence-corrected chi connectivity index (χ2v) is 5.12. The summed E-state index contributed by atoms with van der Waals surface area (Å²) < 4.78 is 10.1. The molecule has 1 aliphatic carbocycles. The Labute approximate surface area is 106 Å². The Hall–Kier alpha value is -1.77. The standard InChI is InChI=1S/C12H18N2O4/c1-12(2,3)18-11(16)14(8-4-7-13)10(15)17-9-5-6-9/h9H,4-6,8H2,1-3H3. The summed E-state index contributed by atoms with van der Waals surface area (Å²) in [4.78, 5) is 24.4. The molecule has 6 heteroatoms. The normalized spacial score (nSPS) is 14.6. The van der Waals surface area contributed by atoms with Crippen LogP contribution in [0.5, 0.6) is 0 Å². The highest BCUT2D eigenvalue weighted by Gasteiger charge is 2.33. The molecule has 0 saturated heterocycles. The van der Waals surface area contributed by atoms with Gasteiger partial charge in [-0.25, -0.2) is 14.5 Å². The van der Waals surface area contributed by atoms with Crippen molar-refractivity contribution in [1.82, 2.24) is 4.90 Å². The molecule has 0 spiro atoms. The second-order valence-electron chi connectivity index (χ2n) is 5.12. The molecule has 2 amide bonds. The highest BCUT2D eigenvalue weighted by molar-refractivity contribution is 5.88. The summed E-state index contributed by atoms with van der Waals surface area (Å²) >= 11 is 0. The van der Waals surface area contributed by atoms with Gasteiger partial charge >= 0.3 is 12.2 Å². The zero-order valence-electron chi connectivity index (χ0n) is 10.9. The van der Waals surface area contributed by atoms with Crippen LogP contribution in [0.25, 0.3) is 0 Å². The van der Waals surface area contributed by atoms with Crippen LogP contribution in [0.4, 0.5) is 9.59 Å². The summed E-state index contributed by atoms with van der Waals surface area (Å²) in [6, 6.07) is 1.88. The number of hydrogen-bond acceptors (Lipinski definition) is 5. The largest absolute Gasteiger partial charge is 0.446 e. The zero-order chi connectivity index (χ0) is 13.8. The van der Waals surface area contributed by atoms with Crippen LogP contribution >= 0.6 is 0 Å². The van der Waals surface area contributed by atoms with Crippen LogP contribution in [0.2, 0.25) is 0 Å². The molecular weight excluding hydrogens is 236 g/mol. The molecule has 1 saturated carbocycles. The van der Waals surface area contributed by atoms with Gasteiger partial charge in [0.2, 0.25) is 0 Å². The van der Waals surface area contributed by atoms with E-state index in [0.29, 0.717) is 0 Å². The quantitative estimate of drug-likeness (QED) is 0.772. The predicted molar refractivity (Wildman–Crippen MR) is 62.7 cm³/mol. The Balaban J connectivity index is 2.60. The molecule has 1 aliphatic rings. The van der Waals surface area contributed by atoms with Gasteiger partial charge in [0, 0.05) is 6.54 Å². The molecule has 1 fully saturated rings. The fraction of sp³-hybridized carbons (Fsp3) is 0.750. The maximum atomic E-state index is 11.8. The average molecular weight is 254 g/mol. The number of nitrogens with zero attached hydrogens (tertiary/aromatic N) is 2. The first kappa shape index (κ1) is 14.3. The lowest BCUT2D eigenvalue weighted by Gasteiger charge is -2.25. The van der Waals surface area contributed by atoms with Crippen molar-refractivity contribution < 1.29 is 19.1 Å². The van der Waals surface area contributed by atoms with Gasteiger partial charge in [-0.3, -0.25) is 0 Å². The summed E-state index contributed by atoms with van der Waals surface area (Å²) in [5.74, 6) is 0. The number of nitriles is 1. The molecule has 0 aliphatic heterocycles. The molecule has 100 valence electrons. The van der Waals surface area contributed by atoms with Gasteiger partial charge in [0.15, 0.2) is 0 Å². The van der Waals surface area contributed by atoms with Gasteiger partial charge in [0.1, 0.15) is 11.7 Å². The number of ether oxygens (including phenoxy) is 2. The van der Waals surface area contributed by atoms with E-state index in [0.717, 1.165) is 17.7 Å². The first-order valence-electron chi connectivity index (χ1n) is 5.91. The summed E-state index contributed by atoms with van der Waals surface area (Å²) in [5, 5.41) is 8.52. The molecule has 0 heterocycles. The summed E-state index contributed by atoms with van der Waals surface area (Å²) in [6.07, 6.45) is 0.104. The lowest BCUT2D eigenvalue weighted by atomic mass is 10.2. The molecule has 0 aromatic rings. The van der Waals surface area contributed by atoms with Gasteiger partial charge in [-0.15, -0.1) is 0 Å². The molecule has 0 bridgehead atoms. The van der Waals surface area contributed by atoms with Crippen LogP contribution in [0, 0.1) is 11.3 Å². The molecule has 0 radical (unpaired) electrons. The number of imide groups is 1. The minimum Gasteiger partial charge on any atom is -0.446 e. The van der Waals surface area contributed by atoms with Crippen LogP contribution in [0.15, 0.2) is 0 Å². The van der Waals surface area contributed by atoms with E-state index in [4.69, 9.17) is 14.7 Å². The van der Waals surface area contributed by atoms with Gasteiger partial charge in [0.25, 0.3) is 0 Å². The third kappa shape index (κ3) is 5.04. The van der Waals surface area contributed by atoms with Gasteiger partial charge in [-0.2, -0.15) is 5.26 Å². The van der Waals surface area contributed by atoms with Crippen LogP contribution in [-0.2, 0) is 9.47 Å². The minimum atomic E-state index is -0.775. The Morgan fingerprint density at radius 2 is 1.94 bits per heavy atom. The number of carbonyl (C=O) groups is 2. The van der Waals surface area contributed by atoms with E-state index in [1.165, 1.54) is 0 Å². The molecule has 6 nitrogen and oxygen atoms in total. The highest BCUT2D eigenvalue weighted by Crippen LogP contribution is 2.24. The van der Waals surface area contributed by atoms with Crippen molar-refractivity contribution in [3.63, 3.8) is 0 Å². The molecule has 0 unspecified atom stereocenters. The Morgan fingerprint density at radius 3 is 2.39 bits per heavy atom. The Morgan fingerprint density at radius 1 is 1.33 bits per heavy atom. The van der Waals surface area contributed by atoms with E-state index in [-0.39, 0.29) is 19.1 Å². The van der Waals surface area contributed by atoms with Crippen molar-refractivity contribution in [3.05, 3.63) is 0 Å². The third-order valence-corrected chi connectivity index (χ3v) is 2.07. The van der Waals surface area contributed by atoms with E-state index in [2.05, 4.69) is 0 Å². The highest BCUT2D eigenvalue weighted by atomic mass is 16.6. The van der Waals surface area contributed by atoms with E-state index in [9.17, 15) is 9.59 Å². The summed E-state index contributed by atoms with van der Waals surface area (Å²) in [5.41, 5.74) is -0.693. The first-order valence-corrected chi connectivity index (χ1v) is 5.91. The molecule has 0 atom stereocenters. The minimum absolute atomic E-state index is 0.0169. The molecule has 0 aromatic heterocycles. The first-order chi connectivity index (χ1) is 8.33. The topological polar surface area (TPSA) is 79.6 Å². The maximum absolute atomic E-state index is 11.8. The van der Waals surface area contributed by atoms with Crippen molar-refractivity contribution >= 4 is 12.2 Å². The smallest absolute Gasteiger partial charge is 0.419 e. The van der Waals surface area contributed by atoms with Crippen LogP contribution in [0.1, 0.15) is 40.0 Å². The van der Waals surface area contributed by atoms with Crippen molar-refractivity contribution in [3.8, 4) is 6.07 Å². The van der Waals surface area contributed by atoms with Gasteiger partial charge in [-0.1, -0.05) is 0 Å². The number of hydrogen-bond donors (Lipinski definition) is 0. The van der Waals surface area contributed by atoms with Crippen LogP contribution in [-0.4, -0.2) is 35.3 Å². The van der Waals surface area contributed by atoms with E-state index in [1.807, 2.05) is 6.07 Å². The Bertz CT molecular complexity index is 363. The van der Waals surface area contributed by atoms with E-state index in [1.54, 1.807) is 20.8 Å². The van der Waals surface area contributed by atoms with Crippen LogP contribution < -0.4 is 0 Å². The summed E-state index contributed by atoms with van der Waals surface area (Å²) in [6.45, 7) is 5.11. The lowest BCUT2D eigenvalue weighted by Crippen LogP contribution is -2.41. The molecule has 0 aromatic carbocycles. The molecule has 1 rings (SSSR count). The van der Waals surface area contributed by atoms with Crippen LogP contribution in [0.3, 0.4) is 0 Å². The average Bonchev–Trinajstić information content (AvgIpc) is 2.99. The third-order valence-electron chi connectivity index (χ3n) is 2.07. The predicted octanol–water partition coefficient (Wildman–Crippen LogP) is 2.44. The fourth-order valence-electron chi connectivity index (χ4n) is 1.13. The lowest BCUT2D eigenvalue weighted by molar-refractivity contribution is 0.0214. The van der Waals surface area contributed by atoms with E-state index >= 15 is 0 Å². The number of amides is 2. The van der Waals surface area contributed by atoms with Crippen molar-refractivity contribution in [1.29, 1.82) is 5.26 Å². The molecule has 18 heavy (non-hydrogen) atoms. The van der Waals surface area contributed by atoms with Crippen molar-refractivity contribution in [2.75, 3.05) is 6.54 Å². The SMILES string of the molecule is CC(C)(C)OC(=O)N(CCC#N)C(=O)OC1CC1.